The third kappa shape index (κ3) is 3.37. The zero-order chi connectivity index (χ0) is 14.5. The second kappa shape index (κ2) is 6.54. The molecule has 0 radical (unpaired) electrons. The van der Waals surface area contributed by atoms with Gasteiger partial charge in [0.15, 0.2) is 5.82 Å². The Morgan fingerprint density at radius 1 is 1.40 bits per heavy atom. The monoisotopic (exact) mass is 279 g/mol. The van der Waals surface area contributed by atoms with Crippen LogP contribution in [-0.2, 0) is 16.0 Å². The van der Waals surface area contributed by atoms with Crippen LogP contribution in [0.15, 0.2) is 6.07 Å². The summed E-state index contributed by atoms with van der Waals surface area (Å²) < 4.78 is 0. The number of aryl methyl sites for hydroxylation is 1. The normalized spacial score (nSPS) is 22.4. The summed E-state index contributed by atoms with van der Waals surface area (Å²) in [4.78, 5) is 23.4. The lowest BCUT2D eigenvalue weighted by molar-refractivity contribution is -0.147. The van der Waals surface area contributed by atoms with E-state index in [2.05, 4.69) is 22.4 Å². The molecule has 0 bridgehead atoms. The molecule has 1 aromatic rings. The molecule has 1 saturated carbocycles. The Labute approximate surface area is 118 Å². The van der Waals surface area contributed by atoms with Gasteiger partial charge in [0.1, 0.15) is 0 Å². The molecule has 1 fully saturated rings. The van der Waals surface area contributed by atoms with E-state index in [-0.39, 0.29) is 5.91 Å². The molecule has 2 rings (SSSR count). The first-order valence-electron chi connectivity index (χ1n) is 7.19. The number of hydrogen-bond donors (Lipinski definition) is 3. The predicted molar refractivity (Wildman–Crippen MR) is 74.3 cm³/mol. The maximum atomic E-state index is 12.2. The fourth-order valence-electron chi connectivity index (χ4n) is 2.78. The highest BCUT2D eigenvalue weighted by atomic mass is 16.4. The van der Waals surface area contributed by atoms with Crippen molar-refractivity contribution in [2.24, 2.45) is 11.8 Å². The Balaban J connectivity index is 2.00. The minimum absolute atomic E-state index is 0.230. The van der Waals surface area contributed by atoms with E-state index in [0.717, 1.165) is 31.4 Å². The lowest BCUT2D eigenvalue weighted by atomic mass is 9.79. The fourth-order valence-corrected chi connectivity index (χ4v) is 2.78. The summed E-state index contributed by atoms with van der Waals surface area (Å²) in [6.07, 6.45) is 4.88. The van der Waals surface area contributed by atoms with Crippen LogP contribution in [0.4, 0.5) is 5.82 Å². The van der Waals surface area contributed by atoms with E-state index in [0.29, 0.717) is 18.7 Å². The van der Waals surface area contributed by atoms with Gasteiger partial charge in [-0.2, -0.15) is 5.10 Å². The molecule has 1 heterocycles. The van der Waals surface area contributed by atoms with E-state index in [1.807, 2.05) is 0 Å². The van der Waals surface area contributed by atoms with Crippen LogP contribution in [-0.4, -0.2) is 27.2 Å². The molecule has 0 aromatic carbocycles. The molecular weight excluding hydrogens is 258 g/mol. The van der Waals surface area contributed by atoms with Gasteiger partial charge in [-0.25, -0.2) is 0 Å². The molecular formula is C14H21N3O3. The SMILES string of the molecule is CCCc1cc(NC(=O)[C@@H]2CCCC[C@@H]2C(=O)O)n[nH]1. The van der Waals surface area contributed by atoms with Gasteiger partial charge in [0.25, 0.3) is 0 Å². The Hall–Kier alpha value is -1.85. The van der Waals surface area contributed by atoms with Crippen LogP contribution in [0.25, 0.3) is 0 Å². The van der Waals surface area contributed by atoms with Gasteiger partial charge >= 0.3 is 5.97 Å². The Bertz CT molecular complexity index is 484. The number of H-pyrrole nitrogens is 1. The number of nitrogens with zero attached hydrogens (tertiary/aromatic N) is 1. The number of aromatic amines is 1. The molecule has 0 unspecified atom stereocenters. The Kier molecular flexibility index (Phi) is 4.76. The maximum Gasteiger partial charge on any atom is 0.307 e. The second-order valence-electron chi connectivity index (χ2n) is 5.35. The first kappa shape index (κ1) is 14.6. The van der Waals surface area contributed by atoms with Crippen LogP contribution in [0.2, 0.25) is 0 Å². The fraction of sp³-hybridized carbons (Fsp3) is 0.643. The quantitative estimate of drug-likeness (QED) is 0.770. The van der Waals surface area contributed by atoms with Gasteiger partial charge in [-0.05, 0) is 19.3 Å². The molecule has 1 aromatic heterocycles. The summed E-state index contributed by atoms with van der Waals surface area (Å²) in [5.74, 6) is -1.65. The third-order valence-corrected chi connectivity index (χ3v) is 3.82. The van der Waals surface area contributed by atoms with Gasteiger partial charge in [0.2, 0.25) is 5.91 Å². The zero-order valence-corrected chi connectivity index (χ0v) is 11.7. The van der Waals surface area contributed by atoms with Crippen molar-refractivity contribution in [1.29, 1.82) is 0 Å². The van der Waals surface area contributed by atoms with Crippen molar-refractivity contribution in [2.75, 3.05) is 5.32 Å². The molecule has 6 heteroatoms. The molecule has 1 aliphatic rings. The highest BCUT2D eigenvalue weighted by Crippen LogP contribution is 2.31. The van der Waals surface area contributed by atoms with E-state index >= 15 is 0 Å². The predicted octanol–water partition coefficient (Wildman–Crippen LogP) is 2.19. The Morgan fingerprint density at radius 3 is 2.75 bits per heavy atom. The van der Waals surface area contributed by atoms with Crippen molar-refractivity contribution in [1.82, 2.24) is 10.2 Å². The van der Waals surface area contributed by atoms with Crippen molar-refractivity contribution >= 4 is 17.7 Å². The first-order valence-corrected chi connectivity index (χ1v) is 7.19. The van der Waals surface area contributed by atoms with Crippen LogP contribution in [0.1, 0.15) is 44.7 Å². The molecule has 110 valence electrons. The lowest BCUT2D eigenvalue weighted by Gasteiger charge is -2.27. The van der Waals surface area contributed by atoms with Crippen LogP contribution < -0.4 is 5.32 Å². The van der Waals surface area contributed by atoms with E-state index in [4.69, 9.17) is 0 Å². The minimum Gasteiger partial charge on any atom is -0.481 e. The molecule has 1 aliphatic carbocycles. The minimum atomic E-state index is -0.876. The maximum absolute atomic E-state index is 12.2. The molecule has 3 N–H and O–H groups in total. The largest absolute Gasteiger partial charge is 0.481 e. The number of aromatic nitrogens is 2. The number of anilines is 1. The van der Waals surface area contributed by atoms with Gasteiger partial charge in [-0.15, -0.1) is 0 Å². The molecule has 0 aliphatic heterocycles. The van der Waals surface area contributed by atoms with E-state index in [9.17, 15) is 14.7 Å². The smallest absolute Gasteiger partial charge is 0.307 e. The zero-order valence-electron chi connectivity index (χ0n) is 11.7. The van der Waals surface area contributed by atoms with Gasteiger partial charge in [0, 0.05) is 11.8 Å². The molecule has 20 heavy (non-hydrogen) atoms. The molecule has 2 atom stereocenters. The van der Waals surface area contributed by atoms with E-state index in [1.165, 1.54) is 0 Å². The van der Waals surface area contributed by atoms with Crippen molar-refractivity contribution in [2.45, 2.75) is 45.4 Å². The number of carbonyl (C=O) groups is 2. The van der Waals surface area contributed by atoms with Crippen LogP contribution in [0.5, 0.6) is 0 Å². The van der Waals surface area contributed by atoms with Crippen molar-refractivity contribution < 1.29 is 14.7 Å². The van der Waals surface area contributed by atoms with Crippen molar-refractivity contribution in [3.8, 4) is 0 Å². The van der Waals surface area contributed by atoms with Crippen LogP contribution in [0, 0.1) is 11.8 Å². The summed E-state index contributed by atoms with van der Waals surface area (Å²) in [5.41, 5.74) is 0.973. The standard InChI is InChI=1S/C14H21N3O3/c1-2-5-9-8-12(17-16-9)15-13(18)10-6-3-4-7-11(10)14(19)20/h8,10-11H,2-7H2,1H3,(H,19,20)(H2,15,16,17,18)/t10-,11+/m1/s1. The topological polar surface area (TPSA) is 95.1 Å². The van der Waals surface area contributed by atoms with Gasteiger partial charge in [0.05, 0.1) is 11.8 Å². The summed E-state index contributed by atoms with van der Waals surface area (Å²) >= 11 is 0. The molecule has 0 spiro atoms. The van der Waals surface area contributed by atoms with Gasteiger partial charge in [-0.1, -0.05) is 26.2 Å². The second-order valence-corrected chi connectivity index (χ2v) is 5.35. The van der Waals surface area contributed by atoms with E-state index < -0.39 is 17.8 Å². The summed E-state index contributed by atoms with van der Waals surface area (Å²) in [6, 6.07) is 1.81. The first-order chi connectivity index (χ1) is 9.61. The average Bonchev–Trinajstić information content (AvgIpc) is 2.86. The van der Waals surface area contributed by atoms with Crippen LogP contribution >= 0.6 is 0 Å². The molecule has 6 nitrogen and oxygen atoms in total. The van der Waals surface area contributed by atoms with Gasteiger partial charge in [-0.3, -0.25) is 14.7 Å². The van der Waals surface area contributed by atoms with Crippen LogP contribution in [0.3, 0.4) is 0 Å². The molecule has 1 amide bonds. The number of rotatable bonds is 5. The highest BCUT2D eigenvalue weighted by Gasteiger charge is 2.35. The number of carboxylic acid groups (broad SMARTS) is 1. The number of carboxylic acids is 1. The Morgan fingerprint density at radius 2 is 2.10 bits per heavy atom. The number of aliphatic carboxylic acids is 1. The highest BCUT2D eigenvalue weighted by molar-refractivity contribution is 5.94. The number of amides is 1. The number of hydrogen-bond acceptors (Lipinski definition) is 3. The van der Waals surface area contributed by atoms with Crippen molar-refractivity contribution in [3.05, 3.63) is 11.8 Å². The number of carbonyl (C=O) groups excluding carboxylic acids is 1. The van der Waals surface area contributed by atoms with Crippen molar-refractivity contribution in [3.63, 3.8) is 0 Å². The van der Waals surface area contributed by atoms with Gasteiger partial charge < -0.3 is 10.4 Å². The summed E-state index contributed by atoms with van der Waals surface area (Å²) in [7, 11) is 0. The summed E-state index contributed by atoms with van der Waals surface area (Å²) in [6.45, 7) is 2.07. The lowest BCUT2D eigenvalue weighted by Crippen LogP contribution is -2.36. The summed E-state index contributed by atoms with van der Waals surface area (Å²) in [5, 5.41) is 18.8. The average molecular weight is 279 g/mol. The molecule has 0 saturated heterocycles. The number of nitrogens with one attached hydrogen (secondary N) is 2. The third-order valence-electron chi connectivity index (χ3n) is 3.82. The van der Waals surface area contributed by atoms with E-state index in [1.54, 1.807) is 6.07 Å².